The molecule has 9 heteroatoms. The first-order valence-electron chi connectivity index (χ1n) is 13.0. The van der Waals surface area contributed by atoms with Gasteiger partial charge in [0.2, 0.25) is 0 Å². The fourth-order valence-corrected chi connectivity index (χ4v) is 8.81. The number of benzene rings is 1. The second kappa shape index (κ2) is 8.70. The summed E-state index contributed by atoms with van der Waals surface area (Å²) in [7, 11) is -2.55. The van der Waals surface area contributed by atoms with Crippen LogP contribution in [0.5, 0.6) is 5.75 Å². The predicted octanol–water partition coefficient (Wildman–Crippen LogP) is 3.99. The zero-order valence-corrected chi connectivity index (χ0v) is 21.1. The van der Waals surface area contributed by atoms with Crippen molar-refractivity contribution < 1.29 is 27.1 Å². The molecule has 1 N–H and O–H groups in total. The zero-order chi connectivity index (χ0) is 24.4. The van der Waals surface area contributed by atoms with Crippen LogP contribution in [0.3, 0.4) is 0 Å². The molecule has 1 aromatic rings. The molecule has 0 radical (unpaired) electrons. The van der Waals surface area contributed by atoms with Crippen molar-refractivity contribution in [2.75, 3.05) is 26.8 Å². The van der Waals surface area contributed by atoms with Crippen LogP contribution in [0.2, 0.25) is 0 Å². The maximum Gasteiger partial charge on any atom is 0.304 e. The highest BCUT2D eigenvalue weighted by atomic mass is 32.2. The number of halogens is 1. The summed E-state index contributed by atoms with van der Waals surface area (Å²) in [6.07, 6.45) is 9.98. The van der Waals surface area contributed by atoms with E-state index in [1.165, 1.54) is 62.1 Å². The van der Waals surface area contributed by atoms with Crippen molar-refractivity contribution in [3.63, 3.8) is 0 Å². The summed E-state index contributed by atoms with van der Waals surface area (Å²) >= 11 is 0. The summed E-state index contributed by atoms with van der Waals surface area (Å²) < 4.78 is 55.3. The lowest BCUT2D eigenvalue weighted by molar-refractivity contribution is -0.0747. The number of hydrogen-bond donors (Lipinski definition) is 1. The van der Waals surface area contributed by atoms with E-state index >= 15 is 4.39 Å². The van der Waals surface area contributed by atoms with Crippen LogP contribution in [-0.2, 0) is 14.9 Å². The fourth-order valence-electron chi connectivity index (χ4n) is 7.63. The molecule has 4 bridgehead atoms. The standard InChI is InChI=1S/C26H35FN2O5S/c1-33-20-4-5-29(14-20)35(31,32)28-25(30)22-9-21(19-2-3-19)24(10-23(22)27)34-15-26-11-16-6-17(12-26)8-18(7-16)13-26/h9-10,16-20H,2-8,11-15H2,1H3,(H,28,30). The number of nitrogens with zero attached hydrogens (tertiary/aromatic N) is 1. The molecule has 6 fully saturated rings. The first-order valence-corrected chi connectivity index (χ1v) is 14.5. The van der Waals surface area contributed by atoms with Gasteiger partial charge in [0, 0.05) is 31.7 Å². The smallest absolute Gasteiger partial charge is 0.304 e. The van der Waals surface area contributed by atoms with Gasteiger partial charge in [-0.3, -0.25) is 4.79 Å². The zero-order valence-electron chi connectivity index (χ0n) is 20.3. The Labute approximate surface area is 206 Å². The summed E-state index contributed by atoms with van der Waals surface area (Å²) in [5.41, 5.74) is 0.769. The summed E-state index contributed by atoms with van der Waals surface area (Å²) in [5, 5.41) is 0. The molecule has 0 aromatic heterocycles. The molecule has 1 unspecified atom stereocenters. The number of hydrogen-bond acceptors (Lipinski definition) is 5. The number of carbonyl (C=O) groups is 1. The highest BCUT2D eigenvalue weighted by Crippen LogP contribution is 2.60. The van der Waals surface area contributed by atoms with Crippen LogP contribution in [-0.4, -0.2) is 51.5 Å². The van der Waals surface area contributed by atoms with Gasteiger partial charge in [0.25, 0.3) is 5.91 Å². The van der Waals surface area contributed by atoms with E-state index in [1.54, 1.807) is 0 Å². The number of amides is 1. The lowest BCUT2D eigenvalue weighted by Gasteiger charge is -2.56. The maximum atomic E-state index is 15.1. The van der Waals surface area contributed by atoms with Gasteiger partial charge in [-0.2, -0.15) is 12.7 Å². The van der Waals surface area contributed by atoms with Gasteiger partial charge in [-0.1, -0.05) is 0 Å². The van der Waals surface area contributed by atoms with Crippen LogP contribution in [0.25, 0.3) is 0 Å². The molecule has 1 amide bonds. The van der Waals surface area contributed by atoms with E-state index in [2.05, 4.69) is 0 Å². The molecule has 0 spiro atoms. The quantitative estimate of drug-likeness (QED) is 0.576. The average molecular weight is 507 g/mol. The summed E-state index contributed by atoms with van der Waals surface area (Å²) in [6, 6.07) is 2.81. The number of carbonyl (C=O) groups excluding carboxylic acids is 1. The van der Waals surface area contributed by atoms with E-state index in [0.717, 1.165) is 36.2 Å². The normalized spacial score (nSPS) is 34.3. The van der Waals surface area contributed by atoms with Crippen molar-refractivity contribution in [3.05, 3.63) is 29.1 Å². The van der Waals surface area contributed by atoms with Crippen molar-refractivity contribution in [2.24, 2.45) is 23.2 Å². The Hall–Kier alpha value is -1.71. The van der Waals surface area contributed by atoms with Gasteiger partial charge in [-0.05, 0) is 93.1 Å². The molecule has 7 rings (SSSR count). The third-order valence-corrected chi connectivity index (χ3v) is 10.5. The van der Waals surface area contributed by atoms with Gasteiger partial charge < -0.3 is 9.47 Å². The SMILES string of the molecule is COC1CCN(S(=O)(=O)NC(=O)c2cc(C3CC3)c(OCC34CC5CC(CC(C5)C3)C4)cc2F)C1. The Morgan fingerprint density at radius 2 is 1.77 bits per heavy atom. The Kier molecular flexibility index (Phi) is 5.88. The molecule has 6 aliphatic rings. The van der Waals surface area contributed by atoms with E-state index in [-0.39, 0.29) is 36.1 Å². The molecular weight excluding hydrogens is 471 g/mol. The molecule has 1 saturated heterocycles. The minimum absolute atomic E-state index is 0.173. The minimum atomic E-state index is -4.08. The second-order valence-corrected chi connectivity index (χ2v) is 13.5. The third kappa shape index (κ3) is 4.60. The Morgan fingerprint density at radius 1 is 1.11 bits per heavy atom. The first-order chi connectivity index (χ1) is 16.7. The number of rotatable bonds is 8. The lowest BCUT2D eigenvalue weighted by Crippen LogP contribution is -2.48. The molecule has 35 heavy (non-hydrogen) atoms. The highest BCUT2D eigenvalue weighted by Gasteiger charge is 2.51. The molecule has 1 aromatic carbocycles. The van der Waals surface area contributed by atoms with Crippen molar-refractivity contribution in [2.45, 2.75) is 69.8 Å². The van der Waals surface area contributed by atoms with Gasteiger partial charge in [0.05, 0.1) is 18.3 Å². The van der Waals surface area contributed by atoms with Crippen LogP contribution < -0.4 is 9.46 Å². The molecule has 5 saturated carbocycles. The van der Waals surface area contributed by atoms with Crippen molar-refractivity contribution in [3.8, 4) is 5.75 Å². The molecular formula is C26H35FN2O5S. The second-order valence-electron chi connectivity index (χ2n) is 11.8. The predicted molar refractivity (Wildman–Crippen MR) is 128 cm³/mol. The van der Waals surface area contributed by atoms with E-state index < -0.39 is 21.9 Å². The fraction of sp³-hybridized carbons (Fsp3) is 0.731. The molecule has 1 aliphatic heterocycles. The molecule has 192 valence electrons. The monoisotopic (exact) mass is 506 g/mol. The first kappa shape index (κ1) is 23.7. The number of methoxy groups -OCH3 is 1. The van der Waals surface area contributed by atoms with Crippen molar-refractivity contribution in [1.29, 1.82) is 0 Å². The minimum Gasteiger partial charge on any atom is -0.493 e. The average Bonchev–Trinajstić information content (AvgIpc) is 3.51. The number of ether oxygens (including phenoxy) is 2. The molecule has 1 atom stereocenters. The third-order valence-electron chi connectivity index (χ3n) is 9.06. The molecule has 1 heterocycles. The summed E-state index contributed by atoms with van der Waals surface area (Å²) in [4.78, 5) is 12.9. The van der Waals surface area contributed by atoms with E-state index in [4.69, 9.17) is 9.47 Å². The maximum absolute atomic E-state index is 15.1. The Balaban J connectivity index is 1.18. The Morgan fingerprint density at radius 3 is 2.34 bits per heavy atom. The van der Waals surface area contributed by atoms with Crippen LogP contribution in [0.15, 0.2) is 12.1 Å². The van der Waals surface area contributed by atoms with Gasteiger partial charge >= 0.3 is 10.2 Å². The van der Waals surface area contributed by atoms with Crippen molar-refractivity contribution >= 4 is 16.1 Å². The molecule has 7 nitrogen and oxygen atoms in total. The Bertz CT molecular complexity index is 1080. The van der Waals surface area contributed by atoms with Crippen LogP contribution in [0.1, 0.15) is 79.6 Å². The van der Waals surface area contributed by atoms with Crippen molar-refractivity contribution in [1.82, 2.24) is 9.03 Å². The summed E-state index contributed by atoms with van der Waals surface area (Å²) in [5.74, 6) is 1.48. The van der Waals surface area contributed by atoms with E-state index in [1.807, 2.05) is 4.72 Å². The topological polar surface area (TPSA) is 84.9 Å². The van der Waals surface area contributed by atoms with Crippen LogP contribution in [0, 0.1) is 29.0 Å². The lowest BCUT2D eigenvalue weighted by atomic mass is 9.50. The van der Waals surface area contributed by atoms with Gasteiger partial charge in [-0.25, -0.2) is 9.11 Å². The highest BCUT2D eigenvalue weighted by molar-refractivity contribution is 7.87. The van der Waals surface area contributed by atoms with Crippen LogP contribution in [0.4, 0.5) is 4.39 Å². The van der Waals surface area contributed by atoms with E-state index in [9.17, 15) is 13.2 Å². The van der Waals surface area contributed by atoms with E-state index in [0.29, 0.717) is 18.8 Å². The van der Waals surface area contributed by atoms with Gasteiger partial charge in [0.1, 0.15) is 11.6 Å². The van der Waals surface area contributed by atoms with Gasteiger partial charge in [0.15, 0.2) is 0 Å². The van der Waals surface area contributed by atoms with Gasteiger partial charge in [-0.15, -0.1) is 0 Å². The van der Waals surface area contributed by atoms with Crippen LogP contribution >= 0.6 is 0 Å². The summed E-state index contributed by atoms with van der Waals surface area (Å²) in [6.45, 7) is 1.03. The molecule has 5 aliphatic carbocycles. The largest absolute Gasteiger partial charge is 0.493 e. The number of nitrogens with one attached hydrogen (secondary N) is 1.